The number of rotatable bonds is 1. The highest BCUT2D eigenvalue weighted by Gasteiger charge is 2.43. The molecule has 0 saturated carbocycles. The fraction of sp³-hybridized carbons (Fsp3) is 0.500. The average Bonchev–Trinajstić information content (AvgIpc) is 2.64. The van der Waals surface area contributed by atoms with Gasteiger partial charge in [0.25, 0.3) is 5.91 Å². The summed E-state index contributed by atoms with van der Waals surface area (Å²) in [5, 5.41) is 1.03. The Morgan fingerprint density at radius 2 is 1.84 bits per heavy atom. The van der Waals surface area contributed by atoms with E-state index in [1.807, 2.05) is 4.90 Å². The Balaban J connectivity index is 1.90. The van der Waals surface area contributed by atoms with Gasteiger partial charge in [0.05, 0.1) is 10.6 Å². The van der Waals surface area contributed by atoms with Crippen LogP contribution >= 0.6 is 39.1 Å². The maximum absolute atomic E-state index is 12.7. The number of halogens is 3. The topological polar surface area (TPSA) is 20.3 Å². The lowest BCUT2D eigenvalue weighted by molar-refractivity contribution is 0.0603. The monoisotopic (exact) mass is 361 g/mol. The number of hydrogen-bond acceptors (Lipinski definition) is 1. The van der Waals surface area contributed by atoms with Crippen molar-refractivity contribution in [3.8, 4) is 0 Å². The lowest BCUT2D eigenvalue weighted by Gasteiger charge is -2.37. The first-order chi connectivity index (χ1) is 9.06. The number of amides is 1. The molecule has 5 heteroatoms. The molecule has 2 saturated heterocycles. The lowest BCUT2D eigenvalue weighted by atomic mass is 10.0. The van der Waals surface area contributed by atoms with E-state index in [2.05, 4.69) is 15.9 Å². The fourth-order valence-corrected chi connectivity index (χ4v) is 4.48. The summed E-state index contributed by atoms with van der Waals surface area (Å²) in [5.41, 5.74) is 0.527. The predicted molar refractivity (Wildman–Crippen MR) is 81.4 cm³/mol. The van der Waals surface area contributed by atoms with E-state index in [0.29, 0.717) is 32.5 Å². The molecule has 2 aliphatic rings. The summed E-state index contributed by atoms with van der Waals surface area (Å²) < 4.78 is 0. The summed E-state index contributed by atoms with van der Waals surface area (Å²) >= 11 is 15.8. The Kier molecular flexibility index (Phi) is 3.80. The Morgan fingerprint density at radius 3 is 2.47 bits per heavy atom. The minimum atomic E-state index is 0.0272. The number of carbonyl (C=O) groups is 1. The normalized spacial score (nSPS) is 29.6. The number of nitrogens with zero attached hydrogens (tertiary/aromatic N) is 1. The first-order valence-corrected chi connectivity index (χ1v) is 8.15. The number of hydrogen-bond donors (Lipinski definition) is 0. The summed E-state index contributed by atoms with van der Waals surface area (Å²) in [5.74, 6) is 0.0272. The van der Waals surface area contributed by atoms with Crippen molar-refractivity contribution in [2.45, 2.75) is 42.6 Å². The number of benzene rings is 1. The number of fused-ring (bicyclic) bond motifs is 2. The third kappa shape index (κ3) is 2.53. The quantitative estimate of drug-likeness (QED) is 0.672. The second-order valence-electron chi connectivity index (χ2n) is 5.29. The molecule has 1 aromatic carbocycles. The van der Waals surface area contributed by atoms with Crippen molar-refractivity contribution < 1.29 is 4.79 Å². The second-order valence-corrected chi connectivity index (χ2v) is 7.43. The predicted octanol–water partition coefficient (Wildman–Crippen LogP) is 4.52. The van der Waals surface area contributed by atoms with Gasteiger partial charge in [0.1, 0.15) is 0 Å². The van der Waals surface area contributed by atoms with Crippen LogP contribution in [-0.4, -0.2) is 27.7 Å². The first kappa shape index (κ1) is 13.7. The van der Waals surface area contributed by atoms with E-state index >= 15 is 0 Å². The minimum Gasteiger partial charge on any atom is -0.333 e. The molecule has 2 atom stereocenters. The molecule has 0 radical (unpaired) electrons. The van der Waals surface area contributed by atoms with Crippen molar-refractivity contribution in [1.82, 2.24) is 4.90 Å². The fourth-order valence-electron chi connectivity index (χ4n) is 3.24. The minimum absolute atomic E-state index is 0.0272. The van der Waals surface area contributed by atoms with Crippen LogP contribution < -0.4 is 0 Å². The van der Waals surface area contributed by atoms with E-state index < -0.39 is 0 Å². The van der Waals surface area contributed by atoms with E-state index in [4.69, 9.17) is 23.2 Å². The number of alkyl halides is 1. The molecule has 0 aliphatic carbocycles. The molecule has 1 aromatic rings. The molecule has 2 unspecified atom stereocenters. The SMILES string of the molecule is O=C(c1cc(Cl)ccc1Cl)N1C2CCC1CC(Br)C2. The summed E-state index contributed by atoms with van der Waals surface area (Å²) in [7, 11) is 0. The van der Waals surface area contributed by atoms with Crippen LogP contribution in [0.1, 0.15) is 36.0 Å². The van der Waals surface area contributed by atoms with Crippen LogP contribution in [0.15, 0.2) is 18.2 Å². The first-order valence-electron chi connectivity index (χ1n) is 6.48. The molecule has 2 heterocycles. The van der Waals surface area contributed by atoms with Crippen LogP contribution in [0.2, 0.25) is 10.0 Å². The third-order valence-corrected chi connectivity index (χ3v) is 5.38. The highest BCUT2D eigenvalue weighted by atomic mass is 79.9. The van der Waals surface area contributed by atoms with Crippen molar-refractivity contribution >= 4 is 45.0 Å². The third-order valence-electron chi connectivity index (χ3n) is 4.07. The van der Waals surface area contributed by atoms with Crippen molar-refractivity contribution in [3.05, 3.63) is 33.8 Å². The van der Waals surface area contributed by atoms with Crippen LogP contribution in [0.25, 0.3) is 0 Å². The molecule has 0 aromatic heterocycles. The van der Waals surface area contributed by atoms with Gasteiger partial charge in [-0.3, -0.25) is 4.79 Å². The van der Waals surface area contributed by atoms with Gasteiger partial charge in [-0.15, -0.1) is 0 Å². The van der Waals surface area contributed by atoms with E-state index in [1.165, 1.54) is 0 Å². The van der Waals surface area contributed by atoms with Crippen molar-refractivity contribution in [2.75, 3.05) is 0 Å². The molecule has 3 rings (SSSR count). The summed E-state index contributed by atoms with van der Waals surface area (Å²) in [6.07, 6.45) is 4.24. The molecule has 19 heavy (non-hydrogen) atoms. The van der Waals surface area contributed by atoms with Crippen LogP contribution in [0.3, 0.4) is 0 Å². The maximum Gasteiger partial charge on any atom is 0.255 e. The van der Waals surface area contributed by atoms with Gasteiger partial charge in [-0.25, -0.2) is 0 Å². The van der Waals surface area contributed by atoms with Crippen LogP contribution in [-0.2, 0) is 0 Å². The Hall–Kier alpha value is -0.250. The lowest BCUT2D eigenvalue weighted by Crippen LogP contribution is -2.46. The standard InChI is InChI=1S/C14H14BrCl2NO/c15-8-5-10-2-3-11(6-8)18(10)14(19)12-7-9(16)1-4-13(12)17/h1,4,7-8,10-11H,2-3,5-6H2. The molecular weight excluding hydrogens is 349 g/mol. The summed E-state index contributed by atoms with van der Waals surface area (Å²) in [6.45, 7) is 0. The van der Waals surface area contributed by atoms with Crippen LogP contribution in [0, 0.1) is 0 Å². The van der Waals surface area contributed by atoms with Gasteiger partial charge in [0.2, 0.25) is 0 Å². The van der Waals surface area contributed by atoms with Crippen LogP contribution in [0.4, 0.5) is 0 Å². The van der Waals surface area contributed by atoms with Gasteiger partial charge in [-0.1, -0.05) is 39.1 Å². The zero-order chi connectivity index (χ0) is 13.6. The Labute approximate surface area is 131 Å². The molecule has 2 bridgehead atoms. The molecule has 0 N–H and O–H groups in total. The average molecular weight is 363 g/mol. The molecule has 1 amide bonds. The highest BCUT2D eigenvalue weighted by molar-refractivity contribution is 9.09. The maximum atomic E-state index is 12.7. The molecule has 2 nitrogen and oxygen atoms in total. The zero-order valence-corrected chi connectivity index (χ0v) is 13.4. The summed E-state index contributed by atoms with van der Waals surface area (Å²) in [4.78, 5) is 15.3. The number of carbonyl (C=O) groups excluding carboxylic acids is 1. The second kappa shape index (κ2) is 5.27. The molecule has 102 valence electrons. The van der Waals surface area contributed by atoms with Gasteiger partial charge in [-0.2, -0.15) is 0 Å². The van der Waals surface area contributed by atoms with Crippen molar-refractivity contribution in [3.63, 3.8) is 0 Å². The van der Waals surface area contributed by atoms with Gasteiger partial charge < -0.3 is 4.90 Å². The summed E-state index contributed by atoms with van der Waals surface area (Å²) in [6, 6.07) is 5.75. The van der Waals surface area contributed by atoms with Crippen molar-refractivity contribution in [1.29, 1.82) is 0 Å². The largest absolute Gasteiger partial charge is 0.333 e. The van der Waals surface area contributed by atoms with Gasteiger partial charge in [-0.05, 0) is 43.9 Å². The number of piperidine rings is 1. The zero-order valence-electron chi connectivity index (χ0n) is 10.3. The van der Waals surface area contributed by atoms with Gasteiger partial charge in [0.15, 0.2) is 0 Å². The van der Waals surface area contributed by atoms with Crippen molar-refractivity contribution in [2.24, 2.45) is 0 Å². The Morgan fingerprint density at radius 1 is 1.21 bits per heavy atom. The van der Waals surface area contributed by atoms with E-state index in [1.54, 1.807) is 18.2 Å². The smallest absolute Gasteiger partial charge is 0.255 e. The van der Waals surface area contributed by atoms with Crippen LogP contribution in [0.5, 0.6) is 0 Å². The van der Waals surface area contributed by atoms with Gasteiger partial charge in [0, 0.05) is 21.9 Å². The van der Waals surface area contributed by atoms with Gasteiger partial charge >= 0.3 is 0 Å². The molecular formula is C14H14BrCl2NO. The van der Waals surface area contributed by atoms with E-state index in [-0.39, 0.29) is 5.91 Å². The highest BCUT2D eigenvalue weighted by Crippen LogP contribution is 2.40. The molecule has 2 fully saturated rings. The molecule has 2 aliphatic heterocycles. The Bertz CT molecular complexity index is 508. The molecule has 0 spiro atoms. The van der Waals surface area contributed by atoms with E-state index in [0.717, 1.165) is 25.7 Å². The van der Waals surface area contributed by atoms with E-state index in [9.17, 15) is 4.79 Å².